The van der Waals surface area contributed by atoms with Gasteiger partial charge in [0.05, 0.1) is 11.9 Å². The van der Waals surface area contributed by atoms with Crippen LogP contribution in [-0.4, -0.2) is 44.7 Å². The van der Waals surface area contributed by atoms with Crippen molar-refractivity contribution in [3.63, 3.8) is 0 Å². The Hall–Kier alpha value is -1.21. The summed E-state index contributed by atoms with van der Waals surface area (Å²) in [5, 5.41) is 3.71. The van der Waals surface area contributed by atoms with Crippen LogP contribution in [0.4, 0.5) is 5.69 Å². The maximum Gasteiger partial charge on any atom is 0.232 e. The minimum atomic E-state index is -3.35. The second-order valence-electron chi connectivity index (χ2n) is 6.75. The number of carbonyl (C=O) groups excluding carboxylic acids is 1. The van der Waals surface area contributed by atoms with Gasteiger partial charge in [-0.05, 0) is 31.4 Å². The fourth-order valence-electron chi connectivity index (χ4n) is 3.20. The van der Waals surface area contributed by atoms with E-state index in [1.807, 2.05) is 30.0 Å². The number of benzene rings is 1. The van der Waals surface area contributed by atoms with Crippen LogP contribution in [0.1, 0.15) is 44.9 Å². The van der Waals surface area contributed by atoms with Gasteiger partial charge in [0.1, 0.15) is 0 Å². The summed E-state index contributed by atoms with van der Waals surface area (Å²) in [5.41, 5.74) is 0.638. The van der Waals surface area contributed by atoms with Gasteiger partial charge >= 0.3 is 0 Å². The Bertz CT molecular complexity index is 644. The highest BCUT2D eigenvalue weighted by molar-refractivity contribution is 7.99. The molecular weight excluding hydrogens is 368 g/mol. The predicted molar refractivity (Wildman–Crippen MR) is 110 cm³/mol. The summed E-state index contributed by atoms with van der Waals surface area (Å²) in [5.74, 6) is 0.950. The number of amides is 1. The average molecular weight is 399 g/mol. The first-order chi connectivity index (χ1) is 12.5. The second-order valence-corrected chi connectivity index (χ2v) is 10.1. The first kappa shape index (κ1) is 21.1. The van der Waals surface area contributed by atoms with Crippen LogP contribution >= 0.6 is 11.8 Å². The number of nitrogens with one attached hydrogen (secondary N) is 1. The molecule has 1 aliphatic carbocycles. The monoisotopic (exact) mass is 398 g/mol. The lowest BCUT2D eigenvalue weighted by molar-refractivity contribution is -0.121. The molecule has 1 saturated carbocycles. The Morgan fingerprint density at radius 2 is 1.88 bits per heavy atom. The normalized spacial score (nSPS) is 15.6. The summed E-state index contributed by atoms with van der Waals surface area (Å²) in [6, 6.07) is 9.00. The Morgan fingerprint density at radius 3 is 2.54 bits per heavy atom. The SMILES string of the molecule is CS(=O)(=O)N(CCCC(=O)NCCSC1CCCCC1)c1ccccc1. The van der Waals surface area contributed by atoms with Crippen molar-refractivity contribution in [1.82, 2.24) is 5.32 Å². The van der Waals surface area contributed by atoms with Gasteiger partial charge in [-0.15, -0.1) is 0 Å². The van der Waals surface area contributed by atoms with Crippen molar-refractivity contribution in [2.45, 2.75) is 50.2 Å². The molecule has 0 aliphatic heterocycles. The zero-order valence-electron chi connectivity index (χ0n) is 15.5. The van der Waals surface area contributed by atoms with Crippen molar-refractivity contribution in [3.8, 4) is 0 Å². The minimum Gasteiger partial charge on any atom is -0.355 e. The number of thioether (sulfide) groups is 1. The molecule has 26 heavy (non-hydrogen) atoms. The number of carbonyl (C=O) groups is 1. The molecule has 5 nitrogen and oxygen atoms in total. The van der Waals surface area contributed by atoms with Gasteiger partial charge in [0.25, 0.3) is 0 Å². The fraction of sp³-hybridized carbons (Fsp3) is 0.632. The van der Waals surface area contributed by atoms with Gasteiger partial charge in [0.2, 0.25) is 15.9 Å². The zero-order valence-corrected chi connectivity index (χ0v) is 17.2. The third-order valence-electron chi connectivity index (χ3n) is 4.54. The molecule has 1 aliphatic rings. The van der Waals surface area contributed by atoms with Gasteiger partial charge in [-0.1, -0.05) is 37.5 Å². The van der Waals surface area contributed by atoms with Gasteiger partial charge in [-0.3, -0.25) is 9.10 Å². The van der Waals surface area contributed by atoms with Crippen LogP contribution in [0.2, 0.25) is 0 Å². The van der Waals surface area contributed by atoms with E-state index in [2.05, 4.69) is 5.32 Å². The maximum absolute atomic E-state index is 12.0. The number of sulfonamides is 1. The summed E-state index contributed by atoms with van der Waals surface area (Å²) < 4.78 is 25.3. The molecule has 1 aromatic rings. The summed E-state index contributed by atoms with van der Waals surface area (Å²) in [6.07, 6.45) is 8.68. The van der Waals surface area contributed by atoms with Gasteiger partial charge < -0.3 is 5.32 Å². The van der Waals surface area contributed by atoms with Crippen molar-refractivity contribution in [2.75, 3.05) is 29.4 Å². The van der Waals surface area contributed by atoms with Crippen molar-refractivity contribution in [1.29, 1.82) is 0 Å². The third-order valence-corrected chi connectivity index (χ3v) is 7.12. The van der Waals surface area contributed by atoms with Crippen LogP contribution in [0.3, 0.4) is 0 Å². The highest BCUT2D eigenvalue weighted by Gasteiger charge is 2.17. The van der Waals surface area contributed by atoms with E-state index in [1.54, 1.807) is 12.1 Å². The van der Waals surface area contributed by atoms with E-state index >= 15 is 0 Å². The molecule has 1 aromatic carbocycles. The quantitative estimate of drug-likeness (QED) is 0.613. The Kier molecular flexibility index (Phi) is 8.78. The van der Waals surface area contributed by atoms with Crippen molar-refractivity contribution in [3.05, 3.63) is 30.3 Å². The summed E-state index contributed by atoms with van der Waals surface area (Å²) in [4.78, 5) is 12.0. The Morgan fingerprint density at radius 1 is 1.19 bits per heavy atom. The third kappa shape index (κ3) is 7.58. The summed E-state index contributed by atoms with van der Waals surface area (Å²) in [6.45, 7) is 1.00. The fourth-order valence-corrected chi connectivity index (χ4v) is 5.39. The predicted octanol–water partition coefficient (Wildman–Crippen LogP) is 3.41. The van der Waals surface area contributed by atoms with Crippen LogP contribution < -0.4 is 9.62 Å². The molecule has 146 valence electrons. The van der Waals surface area contributed by atoms with Gasteiger partial charge in [0, 0.05) is 30.5 Å². The molecular formula is C19H30N2O3S2. The number of rotatable bonds is 10. The minimum absolute atomic E-state index is 0.00393. The topological polar surface area (TPSA) is 66.5 Å². The number of hydrogen-bond acceptors (Lipinski definition) is 4. The molecule has 0 bridgehead atoms. The van der Waals surface area contributed by atoms with Crippen molar-refractivity contribution in [2.24, 2.45) is 0 Å². The first-order valence-corrected chi connectivity index (χ1v) is 12.3. The van der Waals surface area contributed by atoms with Gasteiger partial charge in [-0.2, -0.15) is 11.8 Å². The van der Waals surface area contributed by atoms with Gasteiger partial charge in [0.15, 0.2) is 0 Å². The van der Waals surface area contributed by atoms with E-state index in [9.17, 15) is 13.2 Å². The van der Waals surface area contributed by atoms with Crippen LogP contribution in [0.15, 0.2) is 30.3 Å². The molecule has 0 aromatic heterocycles. The van der Waals surface area contributed by atoms with Crippen LogP contribution in [-0.2, 0) is 14.8 Å². The summed E-state index contributed by atoms with van der Waals surface area (Å²) >= 11 is 1.97. The molecule has 7 heteroatoms. The lowest BCUT2D eigenvalue weighted by atomic mass is 10.0. The van der Waals surface area contributed by atoms with Gasteiger partial charge in [-0.25, -0.2) is 8.42 Å². The molecule has 0 atom stereocenters. The Labute approximate surface area is 162 Å². The molecule has 1 fully saturated rings. The van der Waals surface area contributed by atoms with E-state index in [4.69, 9.17) is 0 Å². The Balaban J connectivity index is 1.66. The number of para-hydroxylation sites is 1. The van der Waals surface area contributed by atoms with Crippen LogP contribution in [0.25, 0.3) is 0 Å². The maximum atomic E-state index is 12.0. The smallest absolute Gasteiger partial charge is 0.232 e. The highest BCUT2D eigenvalue weighted by Crippen LogP contribution is 2.27. The number of hydrogen-bond donors (Lipinski definition) is 1. The van der Waals surface area contributed by atoms with E-state index < -0.39 is 10.0 Å². The van der Waals surface area contributed by atoms with Crippen molar-refractivity contribution < 1.29 is 13.2 Å². The van der Waals surface area contributed by atoms with E-state index in [1.165, 1.54) is 42.7 Å². The lowest BCUT2D eigenvalue weighted by Gasteiger charge is -2.22. The standard InChI is InChI=1S/C19H30N2O3S2/c1-26(23,24)21(17-9-4-2-5-10-17)15-8-13-19(22)20-14-16-25-18-11-6-3-7-12-18/h2,4-5,9-10,18H,3,6-8,11-16H2,1H3,(H,20,22). The molecule has 0 heterocycles. The first-order valence-electron chi connectivity index (χ1n) is 9.38. The van der Waals surface area contributed by atoms with E-state index in [-0.39, 0.29) is 5.91 Å². The molecule has 0 saturated heterocycles. The van der Waals surface area contributed by atoms with E-state index in [0.717, 1.165) is 11.0 Å². The largest absolute Gasteiger partial charge is 0.355 e. The number of anilines is 1. The molecule has 1 N–H and O–H groups in total. The van der Waals surface area contributed by atoms with E-state index in [0.29, 0.717) is 31.6 Å². The zero-order chi connectivity index (χ0) is 18.8. The van der Waals surface area contributed by atoms with Crippen LogP contribution in [0, 0.1) is 0 Å². The second kappa shape index (κ2) is 10.8. The molecule has 2 rings (SSSR count). The molecule has 1 amide bonds. The molecule has 0 unspecified atom stereocenters. The lowest BCUT2D eigenvalue weighted by Crippen LogP contribution is -2.32. The average Bonchev–Trinajstić information content (AvgIpc) is 2.63. The van der Waals surface area contributed by atoms with Crippen molar-refractivity contribution >= 4 is 33.4 Å². The molecule has 0 radical (unpaired) electrons. The highest BCUT2D eigenvalue weighted by atomic mass is 32.2. The van der Waals surface area contributed by atoms with Crippen LogP contribution in [0.5, 0.6) is 0 Å². The number of nitrogens with zero attached hydrogens (tertiary/aromatic N) is 1. The molecule has 0 spiro atoms. The summed E-state index contributed by atoms with van der Waals surface area (Å²) in [7, 11) is -3.35.